The fourth-order valence-corrected chi connectivity index (χ4v) is 1.09. The van der Waals surface area contributed by atoms with Crippen molar-refractivity contribution < 1.29 is 4.92 Å². The Kier molecular flexibility index (Phi) is 5.15. The highest BCUT2D eigenvalue weighted by Gasteiger charge is 1.97. The summed E-state index contributed by atoms with van der Waals surface area (Å²) in [4.78, 5) is 9.43. The molecule has 0 aliphatic rings. The van der Waals surface area contributed by atoms with Crippen LogP contribution in [0.25, 0.3) is 0 Å². The highest BCUT2D eigenvalue weighted by molar-refractivity contribution is 8.23. The molecule has 56 valence electrons. The van der Waals surface area contributed by atoms with Gasteiger partial charge in [-0.05, 0) is 6.08 Å². The SMILES string of the molecule is C=CC(=S)SCC[N+](=O)[O-]. The summed E-state index contributed by atoms with van der Waals surface area (Å²) in [7, 11) is 0. The maximum Gasteiger partial charge on any atom is 0.213 e. The topological polar surface area (TPSA) is 43.1 Å². The second-order valence-corrected chi connectivity index (χ2v) is 3.26. The summed E-state index contributed by atoms with van der Waals surface area (Å²) < 4.78 is 0.613. The average Bonchev–Trinajstić information content (AvgIpc) is 1.87. The Hall–Kier alpha value is -0.420. The van der Waals surface area contributed by atoms with E-state index in [1.807, 2.05) is 0 Å². The van der Waals surface area contributed by atoms with Crippen LogP contribution in [0.5, 0.6) is 0 Å². The van der Waals surface area contributed by atoms with E-state index in [4.69, 9.17) is 12.2 Å². The second kappa shape index (κ2) is 5.37. The lowest BCUT2D eigenvalue weighted by Crippen LogP contribution is -2.03. The molecular weight excluding hydrogens is 170 g/mol. The van der Waals surface area contributed by atoms with Crippen LogP contribution in [-0.2, 0) is 0 Å². The van der Waals surface area contributed by atoms with Crippen LogP contribution in [0.1, 0.15) is 0 Å². The number of hydrogen-bond donors (Lipinski definition) is 0. The Bertz CT molecular complexity index is 158. The highest BCUT2D eigenvalue weighted by atomic mass is 32.2. The number of thioether (sulfide) groups is 1. The molecule has 0 spiro atoms. The maximum atomic E-state index is 9.79. The number of nitrogens with zero attached hydrogens (tertiary/aromatic N) is 1. The first-order chi connectivity index (χ1) is 4.66. The van der Waals surface area contributed by atoms with E-state index in [1.165, 1.54) is 17.8 Å². The molecule has 0 aromatic heterocycles. The van der Waals surface area contributed by atoms with Gasteiger partial charge in [0.05, 0.1) is 9.95 Å². The van der Waals surface area contributed by atoms with Crippen molar-refractivity contribution in [3.8, 4) is 0 Å². The van der Waals surface area contributed by atoms with E-state index >= 15 is 0 Å². The predicted molar refractivity (Wildman–Crippen MR) is 47.1 cm³/mol. The van der Waals surface area contributed by atoms with Crippen LogP contribution in [0.4, 0.5) is 0 Å². The first-order valence-corrected chi connectivity index (χ1v) is 3.97. The molecule has 0 unspecified atom stereocenters. The maximum absolute atomic E-state index is 9.79. The van der Waals surface area contributed by atoms with Gasteiger partial charge in [0.25, 0.3) is 0 Å². The summed E-state index contributed by atoms with van der Waals surface area (Å²) in [5.41, 5.74) is 0. The van der Waals surface area contributed by atoms with Crippen molar-refractivity contribution in [2.24, 2.45) is 0 Å². The summed E-state index contributed by atoms with van der Waals surface area (Å²) in [6.07, 6.45) is 1.51. The summed E-state index contributed by atoms with van der Waals surface area (Å²) in [6, 6.07) is 0. The summed E-state index contributed by atoms with van der Waals surface area (Å²) in [5.74, 6) is 0.428. The quantitative estimate of drug-likeness (QED) is 0.282. The minimum Gasteiger partial charge on any atom is -0.265 e. The second-order valence-electron chi connectivity index (χ2n) is 1.43. The van der Waals surface area contributed by atoms with Gasteiger partial charge in [-0.15, -0.1) is 11.8 Å². The summed E-state index contributed by atoms with van der Waals surface area (Å²) in [5, 5.41) is 9.79. The lowest BCUT2D eigenvalue weighted by molar-refractivity contribution is -0.474. The predicted octanol–water partition coefficient (Wildman–Crippen LogP) is 1.51. The molecule has 0 amide bonds. The van der Waals surface area contributed by atoms with Crippen LogP contribution in [0.15, 0.2) is 12.7 Å². The molecule has 0 bridgehead atoms. The largest absolute Gasteiger partial charge is 0.265 e. The van der Waals surface area contributed by atoms with Crippen molar-refractivity contribution in [2.45, 2.75) is 0 Å². The molecule has 0 radical (unpaired) electrons. The normalized spacial score (nSPS) is 8.80. The van der Waals surface area contributed by atoms with Crippen LogP contribution in [0.3, 0.4) is 0 Å². The molecule has 0 saturated carbocycles. The number of nitro groups is 1. The van der Waals surface area contributed by atoms with Gasteiger partial charge in [0.15, 0.2) is 0 Å². The van der Waals surface area contributed by atoms with Crippen molar-refractivity contribution >= 4 is 28.2 Å². The molecule has 0 aromatic carbocycles. The summed E-state index contributed by atoms with van der Waals surface area (Å²) in [6.45, 7) is 3.38. The van der Waals surface area contributed by atoms with Gasteiger partial charge >= 0.3 is 0 Å². The molecule has 5 heteroatoms. The molecule has 0 saturated heterocycles. The Labute approximate surface area is 68.6 Å². The van der Waals surface area contributed by atoms with E-state index in [9.17, 15) is 10.1 Å². The average molecular weight is 177 g/mol. The van der Waals surface area contributed by atoms with Crippen molar-refractivity contribution in [3.05, 3.63) is 22.8 Å². The third kappa shape index (κ3) is 5.71. The lowest BCUT2D eigenvalue weighted by atomic mass is 10.8. The molecule has 0 aliphatic carbocycles. The number of thiocarbonyl (C=S) groups is 1. The van der Waals surface area contributed by atoms with Gasteiger partial charge in [0, 0.05) is 4.92 Å². The van der Waals surface area contributed by atoms with Gasteiger partial charge in [0.1, 0.15) is 0 Å². The fourth-order valence-electron chi connectivity index (χ4n) is 0.280. The molecule has 0 N–H and O–H groups in total. The molecule has 0 atom stereocenters. The van der Waals surface area contributed by atoms with Gasteiger partial charge in [-0.1, -0.05) is 18.8 Å². The highest BCUT2D eigenvalue weighted by Crippen LogP contribution is 2.03. The third-order valence-corrected chi connectivity index (χ3v) is 2.04. The third-order valence-electron chi connectivity index (χ3n) is 0.685. The van der Waals surface area contributed by atoms with E-state index in [0.717, 1.165) is 0 Å². The molecule has 0 fully saturated rings. The zero-order valence-corrected chi connectivity index (χ0v) is 6.91. The van der Waals surface area contributed by atoms with Crippen molar-refractivity contribution in [2.75, 3.05) is 12.3 Å². The van der Waals surface area contributed by atoms with Crippen molar-refractivity contribution in [1.29, 1.82) is 0 Å². The lowest BCUT2D eigenvalue weighted by Gasteiger charge is -1.92. The standard InChI is InChI=1S/C5H7NO2S2/c1-2-5(9)10-4-3-6(7)8/h2H,1,3-4H2. The molecular formula is C5H7NO2S2. The molecule has 0 aliphatic heterocycles. The van der Waals surface area contributed by atoms with Gasteiger partial charge in [0.2, 0.25) is 6.54 Å². The van der Waals surface area contributed by atoms with Crippen LogP contribution in [-0.4, -0.2) is 21.4 Å². The monoisotopic (exact) mass is 177 g/mol. The van der Waals surface area contributed by atoms with Crippen LogP contribution < -0.4 is 0 Å². The van der Waals surface area contributed by atoms with Gasteiger partial charge in [-0.2, -0.15) is 0 Å². The first kappa shape index (κ1) is 9.58. The van der Waals surface area contributed by atoms with Crippen molar-refractivity contribution in [3.63, 3.8) is 0 Å². The van der Waals surface area contributed by atoms with Gasteiger partial charge in [-0.25, -0.2) is 0 Å². The first-order valence-electron chi connectivity index (χ1n) is 2.58. The molecule has 0 aromatic rings. The minimum atomic E-state index is -0.362. The van der Waals surface area contributed by atoms with E-state index in [-0.39, 0.29) is 11.5 Å². The zero-order chi connectivity index (χ0) is 7.98. The van der Waals surface area contributed by atoms with Crippen LogP contribution in [0, 0.1) is 10.1 Å². The Morgan fingerprint density at radius 1 is 1.90 bits per heavy atom. The van der Waals surface area contributed by atoms with E-state index in [1.54, 1.807) is 0 Å². The number of hydrogen-bond acceptors (Lipinski definition) is 4. The minimum absolute atomic E-state index is 0.0430. The van der Waals surface area contributed by atoms with E-state index in [2.05, 4.69) is 6.58 Å². The zero-order valence-electron chi connectivity index (χ0n) is 5.28. The van der Waals surface area contributed by atoms with E-state index < -0.39 is 0 Å². The molecule has 0 heterocycles. The van der Waals surface area contributed by atoms with E-state index in [0.29, 0.717) is 9.95 Å². The van der Waals surface area contributed by atoms with Gasteiger partial charge < -0.3 is 0 Å². The van der Waals surface area contributed by atoms with Crippen LogP contribution >= 0.6 is 24.0 Å². The Morgan fingerprint density at radius 2 is 2.50 bits per heavy atom. The Balaban J connectivity index is 3.28. The molecule has 0 rings (SSSR count). The number of rotatable bonds is 4. The molecule has 3 nitrogen and oxygen atoms in total. The fraction of sp³-hybridized carbons (Fsp3) is 0.400. The van der Waals surface area contributed by atoms with Crippen LogP contribution in [0.2, 0.25) is 0 Å². The smallest absolute Gasteiger partial charge is 0.213 e. The van der Waals surface area contributed by atoms with Crippen molar-refractivity contribution in [1.82, 2.24) is 0 Å². The Morgan fingerprint density at radius 3 is 2.90 bits per heavy atom. The van der Waals surface area contributed by atoms with Gasteiger partial charge in [-0.3, -0.25) is 10.1 Å². The molecule has 10 heavy (non-hydrogen) atoms. The summed E-state index contributed by atoms with van der Waals surface area (Å²) >= 11 is 6.01.